The lowest BCUT2D eigenvalue weighted by atomic mass is 9.80. The molecule has 1 unspecified atom stereocenters. The number of nitrogens with zero attached hydrogens (tertiary/aromatic N) is 1. The van der Waals surface area contributed by atoms with E-state index in [0.717, 1.165) is 25.0 Å². The first-order valence-corrected chi connectivity index (χ1v) is 12.9. The summed E-state index contributed by atoms with van der Waals surface area (Å²) in [7, 11) is 0. The van der Waals surface area contributed by atoms with Crippen molar-refractivity contribution in [2.75, 3.05) is 25.0 Å². The van der Waals surface area contributed by atoms with Crippen LogP contribution in [-0.4, -0.2) is 29.6 Å². The molecular formula is C28H50BrN2+. The fraction of sp³-hybridized carbons (Fsp3) is 0.714. The number of hydrogen-bond acceptors (Lipinski definition) is 1. The Hall–Kier alpha value is -0.640. The second kappa shape index (κ2) is 9.69. The summed E-state index contributed by atoms with van der Waals surface area (Å²) in [6.07, 6.45) is 9.59. The molecule has 2 nitrogen and oxygen atoms in total. The number of rotatable bonds is 4. The molecular weight excluding hydrogens is 444 g/mol. The second-order valence-electron chi connectivity index (χ2n) is 13.5. The molecule has 31 heavy (non-hydrogen) atoms. The van der Waals surface area contributed by atoms with Crippen LogP contribution >= 0.6 is 15.9 Å². The zero-order valence-corrected chi connectivity index (χ0v) is 24.1. The third-order valence-corrected chi connectivity index (χ3v) is 6.90. The van der Waals surface area contributed by atoms with Crippen LogP contribution in [0.5, 0.6) is 0 Å². The normalized spacial score (nSPS) is 22.8. The maximum Gasteiger partial charge on any atom is 0.119 e. The zero-order valence-electron chi connectivity index (χ0n) is 22.5. The summed E-state index contributed by atoms with van der Waals surface area (Å²) in [5, 5.41) is 0.890. The third-order valence-electron chi connectivity index (χ3n) is 6.30. The van der Waals surface area contributed by atoms with Crippen LogP contribution in [-0.2, 0) is 0 Å². The van der Waals surface area contributed by atoms with Gasteiger partial charge in [0.1, 0.15) is 19.6 Å². The van der Waals surface area contributed by atoms with Gasteiger partial charge in [0.15, 0.2) is 0 Å². The Kier molecular flexibility index (Phi) is 8.88. The molecule has 0 saturated carbocycles. The van der Waals surface area contributed by atoms with Crippen LogP contribution in [0, 0.1) is 21.7 Å². The number of halogens is 1. The Morgan fingerprint density at radius 3 is 1.87 bits per heavy atom. The van der Waals surface area contributed by atoms with Crippen LogP contribution < -0.4 is 5.84 Å². The molecule has 2 N–H and O–H groups in total. The van der Waals surface area contributed by atoms with E-state index in [-0.39, 0.29) is 21.7 Å². The summed E-state index contributed by atoms with van der Waals surface area (Å²) in [6.45, 7) is 30.1. The van der Waals surface area contributed by atoms with Crippen molar-refractivity contribution in [2.24, 2.45) is 27.5 Å². The van der Waals surface area contributed by atoms with E-state index in [0.29, 0.717) is 4.59 Å². The molecule has 1 aliphatic rings. The molecule has 0 bridgehead atoms. The van der Waals surface area contributed by atoms with Gasteiger partial charge < -0.3 is 0 Å². The van der Waals surface area contributed by atoms with Gasteiger partial charge >= 0.3 is 0 Å². The van der Waals surface area contributed by atoms with E-state index in [1.807, 2.05) is 0 Å². The molecule has 1 aliphatic heterocycles. The summed E-state index contributed by atoms with van der Waals surface area (Å²) in [5.41, 5.74) is 6.05. The Morgan fingerprint density at radius 2 is 1.48 bits per heavy atom. The predicted molar refractivity (Wildman–Crippen MR) is 143 cm³/mol. The molecule has 1 heterocycles. The highest BCUT2D eigenvalue weighted by molar-refractivity contribution is 9.09. The van der Waals surface area contributed by atoms with Crippen molar-refractivity contribution in [3.8, 4) is 0 Å². The molecule has 0 aromatic rings. The lowest BCUT2D eigenvalue weighted by molar-refractivity contribution is -0.925. The first-order chi connectivity index (χ1) is 13.7. The predicted octanol–water partition coefficient (Wildman–Crippen LogP) is 7.98. The van der Waals surface area contributed by atoms with Crippen LogP contribution in [0.1, 0.15) is 83.1 Å². The van der Waals surface area contributed by atoms with E-state index >= 15 is 0 Å². The number of allylic oxidation sites excluding steroid dienone is 5. The van der Waals surface area contributed by atoms with Crippen molar-refractivity contribution >= 4 is 15.9 Å². The Bertz CT molecular complexity index is 753. The van der Waals surface area contributed by atoms with E-state index in [4.69, 9.17) is 5.84 Å². The van der Waals surface area contributed by atoms with Crippen LogP contribution in [0.4, 0.5) is 0 Å². The van der Waals surface area contributed by atoms with Gasteiger partial charge in [-0.3, -0.25) is 0 Å². The van der Waals surface area contributed by atoms with Crippen LogP contribution in [0.15, 0.2) is 46.6 Å². The highest BCUT2D eigenvalue weighted by atomic mass is 79.9. The number of hydrogen-bond donors (Lipinski definition) is 1. The standard InChI is InChI=1S/C28H50BrN2/c1-25(2,3)21(17-23(19-29)27(7,8)9)13-15-31(30)16-14-22(26(4,5)6)18-24(20-31)28(10,11)12/h13-14,17-18H,15-16,19-20,30H2,1-12H3/q+1/b21-13+,23-17+. The average molecular weight is 495 g/mol. The fourth-order valence-electron chi connectivity index (χ4n) is 3.60. The van der Waals surface area contributed by atoms with Gasteiger partial charge in [0.2, 0.25) is 0 Å². The molecule has 0 amide bonds. The summed E-state index contributed by atoms with van der Waals surface area (Å²) < 4.78 is 0.523. The first-order valence-electron chi connectivity index (χ1n) is 11.7. The molecule has 178 valence electrons. The van der Waals surface area contributed by atoms with E-state index in [1.165, 1.54) is 22.3 Å². The number of alkyl halides is 1. The van der Waals surface area contributed by atoms with Crippen molar-refractivity contribution in [1.82, 2.24) is 0 Å². The van der Waals surface area contributed by atoms with Crippen molar-refractivity contribution in [2.45, 2.75) is 83.1 Å². The minimum absolute atomic E-state index is 0.0682. The SMILES string of the molecule is CC(C)(C)C1=CC[N+](N)(C/C=C(\C=C(/CBr)C(C)(C)C)C(C)(C)C)CC(C(C)(C)C)=C1. The van der Waals surface area contributed by atoms with Gasteiger partial charge in [0.25, 0.3) is 0 Å². The van der Waals surface area contributed by atoms with Crippen LogP contribution in [0.2, 0.25) is 0 Å². The summed E-state index contributed by atoms with van der Waals surface area (Å²) in [6, 6.07) is 0. The zero-order chi connectivity index (χ0) is 24.5. The highest BCUT2D eigenvalue weighted by Crippen LogP contribution is 2.37. The largest absolute Gasteiger partial charge is 0.238 e. The van der Waals surface area contributed by atoms with Crippen molar-refractivity contribution in [3.05, 3.63) is 46.6 Å². The van der Waals surface area contributed by atoms with Gasteiger partial charge in [0.05, 0.1) is 0 Å². The van der Waals surface area contributed by atoms with E-state index in [1.54, 1.807) is 0 Å². The second-order valence-corrected chi connectivity index (χ2v) is 14.1. The molecule has 1 rings (SSSR count). The first kappa shape index (κ1) is 28.4. The van der Waals surface area contributed by atoms with Gasteiger partial charge in [-0.25, -0.2) is 4.59 Å². The molecule has 0 radical (unpaired) electrons. The van der Waals surface area contributed by atoms with Crippen molar-refractivity contribution in [3.63, 3.8) is 0 Å². The molecule has 1 atom stereocenters. The van der Waals surface area contributed by atoms with Gasteiger partial charge in [0, 0.05) is 5.33 Å². The van der Waals surface area contributed by atoms with Gasteiger partial charge in [-0.05, 0) is 50.5 Å². The van der Waals surface area contributed by atoms with Crippen molar-refractivity contribution in [1.29, 1.82) is 0 Å². The molecule has 0 aliphatic carbocycles. The summed E-state index contributed by atoms with van der Waals surface area (Å²) in [5.74, 6) is 7.07. The highest BCUT2D eigenvalue weighted by Gasteiger charge is 2.33. The molecule has 0 aromatic heterocycles. The average Bonchev–Trinajstić information content (AvgIpc) is 2.71. The Morgan fingerprint density at radius 1 is 0.935 bits per heavy atom. The maximum atomic E-state index is 7.07. The maximum absolute atomic E-state index is 7.07. The molecule has 0 spiro atoms. The van der Waals surface area contributed by atoms with Gasteiger partial charge in [-0.1, -0.05) is 117 Å². The molecule has 3 heteroatoms. The van der Waals surface area contributed by atoms with E-state index < -0.39 is 0 Å². The summed E-state index contributed by atoms with van der Waals surface area (Å²) >= 11 is 3.71. The minimum Gasteiger partial charge on any atom is -0.238 e. The monoisotopic (exact) mass is 493 g/mol. The number of nitrogens with two attached hydrogens (primary N) is 1. The topological polar surface area (TPSA) is 26.0 Å². The lowest BCUT2D eigenvalue weighted by Gasteiger charge is -2.35. The Balaban J connectivity index is 3.42. The fourth-order valence-corrected chi connectivity index (χ4v) is 4.60. The van der Waals surface area contributed by atoms with Gasteiger partial charge in [-0.2, -0.15) is 5.84 Å². The molecule has 0 aromatic carbocycles. The minimum atomic E-state index is 0.0682. The smallest absolute Gasteiger partial charge is 0.119 e. The van der Waals surface area contributed by atoms with Gasteiger partial charge in [-0.15, -0.1) is 0 Å². The Labute approximate surface area is 202 Å². The molecule has 0 saturated heterocycles. The number of quaternary nitrogens is 1. The van der Waals surface area contributed by atoms with Crippen LogP contribution in [0.25, 0.3) is 0 Å². The van der Waals surface area contributed by atoms with Crippen molar-refractivity contribution < 1.29 is 4.59 Å². The lowest BCUT2D eigenvalue weighted by Crippen LogP contribution is -2.56. The van der Waals surface area contributed by atoms with E-state index in [9.17, 15) is 0 Å². The van der Waals surface area contributed by atoms with E-state index in [2.05, 4.69) is 123 Å². The van der Waals surface area contributed by atoms with Crippen LogP contribution in [0.3, 0.4) is 0 Å². The third kappa shape index (κ3) is 8.67. The quantitative estimate of drug-likeness (QED) is 0.182. The summed E-state index contributed by atoms with van der Waals surface area (Å²) in [4.78, 5) is 0. The molecule has 0 fully saturated rings.